The van der Waals surface area contributed by atoms with Gasteiger partial charge in [0.25, 0.3) is 11.7 Å². The maximum atomic E-state index is 13.3. The van der Waals surface area contributed by atoms with Gasteiger partial charge >= 0.3 is 0 Å². The molecular weight excluding hydrogens is 446 g/mol. The first-order valence-corrected chi connectivity index (χ1v) is 11.7. The third kappa shape index (κ3) is 5.35. The molecule has 1 fully saturated rings. The number of ether oxygens (including phenoxy) is 2. The highest BCUT2D eigenvalue weighted by molar-refractivity contribution is 6.46. The largest absolute Gasteiger partial charge is 0.507 e. The summed E-state index contributed by atoms with van der Waals surface area (Å²) in [6.45, 7) is 12.2. The van der Waals surface area contributed by atoms with Gasteiger partial charge in [0.05, 0.1) is 31.4 Å². The van der Waals surface area contributed by atoms with Crippen LogP contribution in [0.25, 0.3) is 5.76 Å². The molecule has 0 aliphatic carbocycles. The number of aromatic hydroxyl groups is 1. The lowest BCUT2D eigenvalue weighted by atomic mass is 9.84. The molecule has 1 aliphatic heterocycles. The smallest absolute Gasteiger partial charge is 0.295 e. The molecule has 0 radical (unpaired) electrons. The van der Waals surface area contributed by atoms with E-state index in [9.17, 15) is 19.8 Å². The van der Waals surface area contributed by atoms with Gasteiger partial charge in [-0.2, -0.15) is 0 Å². The van der Waals surface area contributed by atoms with Crippen molar-refractivity contribution in [1.82, 2.24) is 4.90 Å². The Labute approximate surface area is 207 Å². The Morgan fingerprint density at radius 3 is 2.37 bits per heavy atom. The molecule has 2 aromatic rings. The standard InChI is InChI=1S/C28H35NO6/c1-16(2)35-13-12-29-24(18-9-11-22(34-7)21(30)14-18)23(26(32)27(29)33)25(31)20-15-19(28(4,5)6)10-8-17(20)3/h8-11,14-16,24,30-31H,12-13H2,1-7H3/b25-23+. The maximum Gasteiger partial charge on any atom is 0.295 e. The van der Waals surface area contributed by atoms with Crippen molar-refractivity contribution in [2.24, 2.45) is 0 Å². The van der Waals surface area contributed by atoms with E-state index in [1.54, 1.807) is 12.1 Å². The van der Waals surface area contributed by atoms with Crippen molar-refractivity contribution in [1.29, 1.82) is 0 Å². The zero-order valence-electron chi connectivity index (χ0n) is 21.5. The maximum absolute atomic E-state index is 13.3. The van der Waals surface area contributed by atoms with Crippen molar-refractivity contribution < 1.29 is 29.3 Å². The lowest BCUT2D eigenvalue weighted by Crippen LogP contribution is -2.33. The van der Waals surface area contributed by atoms with Crippen molar-refractivity contribution in [2.45, 2.75) is 59.1 Å². The van der Waals surface area contributed by atoms with Gasteiger partial charge < -0.3 is 24.6 Å². The Balaban J connectivity index is 2.20. The van der Waals surface area contributed by atoms with E-state index < -0.39 is 17.7 Å². The van der Waals surface area contributed by atoms with Gasteiger partial charge in [0.2, 0.25) is 0 Å². The number of aliphatic hydroxyl groups is 1. The zero-order valence-corrected chi connectivity index (χ0v) is 21.5. The monoisotopic (exact) mass is 481 g/mol. The minimum Gasteiger partial charge on any atom is -0.507 e. The Morgan fingerprint density at radius 2 is 1.80 bits per heavy atom. The van der Waals surface area contributed by atoms with Crippen LogP contribution in [0.5, 0.6) is 11.5 Å². The van der Waals surface area contributed by atoms with Gasteiger partial charge in [0.15, 0.2) is 11.5 Å². The molecule has 1 aliphatic rings. The molecular formula is C28H35NO6. The van der Waals surface area contributed by atoms with Gasteiger partial charge in [0.1, 0.15) is 5.76 Å². The molecule has 1 unspecified atom stereocenters. The number of hydrogen-bond acceptors (Lipinski definition) is 6. The van der Waals surface area contributed by atoms with Crippen molar-refractivity contribution in [3.05, 3.63) is 64.2 Å². The number of carbonyl (C=O) groups is 2. The Hall–Kier alpha value is -3.32. The summed E-state index contributed by atoms with van der Waals surface area (Å²) in [6.07, 6.45) is -0.0434. The average molecular weight is 482 g/mol. The third-order valence-electron chi connectivity index (χ3n) is 6.20. The van der Waals surface area contributed by atoms with Crippen LogP contribution in [0.1, 0.15) is 62.9 Å². The van der Waals surface area contributed by atoms with Crippen molar-refractivity contribution in [3.63, 3.8) is 0 Å². The van der Waals surface area contributed by atoms with Crippen LogP contribution in [0.2, 0.25) is 0 Å². The quantitative estimate of drug-likeness (QED) is 0.333. The number of hydrogen-bond donors (Lipinski definition) is 2. The fourth-order valence-corrected chi connectivity index (χ4v) is 4.21. The van der Waals surface area contributed by atoms with E-state index in [2.05, 4.69) is 20.8 Å². The number of amides is 1. The number of carbonyl (C=O) groups excluding carboxylic acids is 2. The topological polar surface area (TPSA) is 96.3 Å². The van der Waals surface area contributed by atoms with Crippen LogP contribution in [-0.4, -0.2) is 53.2 Å². The van der Waals surface area contributed by atoms with E-state index in [1.165, 1.54) is 18.1 Å². The van der Waals surface area contributed by atoms with E-state index in [0.717, 1.165) is 11.1 Å². The number of likely N-dealkylation sites (tertiary alicyclic amines) is 1. The van der Waals surface area contributed by atoms with Crippen molar-refractivity contribution >= 4 is 17.4 Å². The van der Waals surface area contributed by atoms with E-state index in [4.69, 9.17) is 9.47 Å². The lowest BCUT2D eigenvalue weighted by molar-refractivity contribution is -0.140. The van der Waals surface area contributed by atoms with Crippen LogP contribution in [0.4, 0.5) is 0 Å². The molecule has 35 heavy (non-hydrogen) atoms. The van der Waals surface area contributed by atoms with Gasteiger partial charge in [-0.15, -0.1) is 0 Å². The van der Waals surface area contributed by atoms with Crippen molar-refractivity contribution in [3.8, 4) is 11.5 Å². The van der Waals surface area contributed by atoms with Crippen molar-refractivity contribution in [2.75, 3.05) is 20.3 Å². The second-order valence-corrected chi connectivity index (χ2v) is 10.1. The minimum atomic E-state index is -0.889. The van der Waals surface area contributed by atoms with Gasteiger partial charge in [0, 0.05) is 12.1 Å². The molecule has 188 valence electrons. The number of aliphatic hydroxyl groups excluding tert-OH is 1. The first-order valence-electron chi connectivity index (χ1n) is 11.7. The van der Waals surface area contributed by atoms with Crippen LogP contribution < -0.4 is 4.74 Å². The lowest BCUT2D eigenvalue weighted by Gasteiger charge is -2.26. The van der Waals surface area contributed by atoms with Gasteiger partial charge in [-0.3, -0.25) is 9.59 Å². The molecule has 7 heteroatoms. The molecule has 0 saturated carbocycles. The molecule has 0 aromatic heterocycles. The third-order valence-corrected chi connectivity index (χ3v) is 6.20. The molecule has 1 atom stereocenters. The number of aryl methyl sites for hydroxylation is 1. The summed E-state index contributed by atoms with van der Waals surface area (Å²) < 4.78 is 10.8. The van der Waals surface area contributed by atoms with Gasteiger partial charge in [-0.1, -0.05) is 39.0 Å². The summed E-state index contributed by atoms with van der Waals surface area (Å²) in [4.78, 5) is 27.8. The molecule has 1 saturated heterocycles. The van der Waals surface area contributed by atoms with Gasteiger partial charge in [-0.25, -0.2) is 0 Å². The first kappa shape index (κ1) is 26.3. The molecule has 1 heterocycles. The van der Waals surface area contributed by atoms with E-state index >= 15 is 0 Å². The molecule has 1 amide bonds. The number of phenols is 1. The number of rotatable bonds is 7. The molecule has 3 rings (SSSR count). The number of benzene rings is 2. The summed E-state index contributed by atoms with van der Waals surface area (Å²) >= 11 is 0. The van der Waals surface area contributed by atoms with Crippen LogP contribution in [-0.2, 0) is 19.7 Å². The highest BCUT2D eigenvalue weighted by atomic mass is 16.5. The highest BCUT2D eigenvalue weighted by Gasteiger charge is 2.46. The Bertz CT molecular complexity index is 1160. The Kier molecular flexibility index (Phi) is 7.60. The summed E-state index contributed by atoms with van der Waals surface area (Å²) in [6, 6.07) is 9.57. The number of nitrogens with zero attached hydrogens (tertiary/aromatic N) is 1. The molecule has 7 nitrogen and oxygen atoms in total. The predicted molar refractivity (Wildman–Crippen MR) is 135 cm³/mol. The molecule has 2 N–H and O–H groups in total. The summed E-state index contributed by atoms with van der Waals surface area (Å²) in [5.41, 5.74) is 2.56. The number of Topliss-reactive ketones (excluding diaryl/α,β-unsaturated/α-hetero) is 1. The summed E-state index contributed by atoms with van der Waals surface area (Å²) in [5.74, 6) is -1.58. The number of ketones is 1. The van der Waals surface area contributed by atoms with Crippen LogP contribution >= 0.6 is 0 Å². The number of phenolic OH excluding ortho intramolecular Hbond substituents is 1. The Morgan fingerprint density at radius 1 is 1.11 bits per heavy atom. The van der Waals surface area contributed by atoms with E-state index in [1.807, 2.05) is 39.0 Å². The van der Waals surface area contributed by atoms with Crippen LogP contribution in [0.3, 0.4) is 0 Å². The molecule has 0 spiro atoms. The van der Waals surface area contributed by atoms with Gasteiger partial charge in [-0.05, 0) is 61.1 Å². The van der Waals surface area contributed by atoms with E-state index in [0.29, 0.717) is 11.1 Å². The minimum absolute atomic E-state index is 0.0155. The fraction of sp³-hybridized carbons (Fsp3) is 0.429. The summed E-state index contributed by atoms with van der Waals surface area (Å²) in [7, 11) is 1.44. The second kappa shape index (κ2) is 10.1. The molecule has 0 bridgehead atoms. The fourth-order valence-electron chi connectivity index (χ4n) is 4.21. The van der Waals surface area contributed by atoms with E-state index in [-0.39, 0.29) is 47.5 Å². The average Bonchev–Trinajstić information content (AvgIpc) is 3.03. The second-order valence-electron chi connectivity index (χ2n) is 10.1. The predicted octanol–water partition coefficient (Wildman–Crippen LogP) is 4.85. The zero-order chi connectivity index (χ0) is 26.1. The molecule has 2 aromatic carbocycles. The highest BCUT2D eigenvalue weighted by Crippen LogP contribution is 2.42. The summed E-state index contributed by atoms with van der Waals surface area (Å²) in [5, 5.41) is 21.9. The van der Waals surface area contributed by atoms with Crippen LogP contribution in [0.15, 0.2) is 42.0 Å². The van der Waals surface area contributed by atoms with Crippen LogP contribution in [0, 0.1) is 6.92 Å². The first-order chi connectivity index (χ1) is 16.4. The SMILES string of the molecule is COc1ccc(C2/C(=C(\O)c3cc(C(C)(C)C)ccc3C)C(=O)C(=O)N2CCOC(C)C)cc1O. The number of methoxy groups -OCH3 is 1. The normalized spacial score (nSPS) is 17.9.